The first-order chi connectivity index (χ1) is 15.7. The fourth-order valence-corrected chi connectivity index (χ4v) is 3.31. The van der Waals surface area contributed by atoms with Crippen molar-refractivity contribution in [2.45, 2.75) is 0 Å². The van der Waals surface area contributed by atoms with E-state index in [1.807, 2.05) is 0 Å². The summed E-state index contributed by atoms with van der Waals surface area (Å²) in [5.74, 6) is 0.137. The Morgan fingerprint density at radius 2 is 1.06 bits per heavy atom. The number of ether oxygens (including phenoxy) is 1. The van der Waals surface area contributed by atoms with Gasteiger partial charge in [0.15, 0.2) is 23.0 Å². The number of hydrogen-bond donors (Lipinski definition) is 7. The minimum absolute atomic E-state index is 0.0754. The average Bonchev–Trinajstić information content (AvgIpc) is 2.77. The van der Waals surface area contributed by atoms with E-state index < -0.39 is 0 Å². The Bertz CT molecular complexity index is 1290. The topological polar surface area (TPSA) is 174 Å². The molecule has 170 valence electrons. The number of rotatable bonds is 3. The molecule has 0 unspecified atom stereocenters. The molecular formula is C25H26N4O4. The van der Waals surface area contributed by atoms with Gasteiger partial charge in [-0.25, -0.2) is 0 Å². The van der Waals surface area contributed by atoms with Crippen LogP contribution in [0.2, 0.25) is 0 Å². The summed E-state index contributed by atoms with van der Waals surface area (Å²) in [6.45, 7) is 0. The van der Waals surface area contributed by atoms with E-state index in [0.717, 1.165) is 5.56 Å². The number of methoxy groups -OCH3 is 1. The summed E-state index contributed by atoms with van der Waals surface area (Å²) in [6, 6.07) is 20.2. The summed E-state index contributed by atoms with van der Waals surface area (Å²) >= 11 is 0. The van der Waals surface area contributed by atoms with Gasteiger partial charge in [0.05, 0.1) is 7.11 Å². The Labute approximate surface area is 191 Å². The van der Waals surface area contributed by atoms with E-state index >= 15 is 0 Å². The number of nitrogens with two attached hydrogens (primary N) is 4. The third-order valence-corrected chi connectivity index (χ3v) is 4.97. The highest BCUT2D eigenvalue weighted by Crippen LogP contribution is 2.40. The van der Waals surface area contributed by atoms with E-state index in [-0.39, 0.29) is 17.2 Å². The molecule has 8 nitrogen and oxygen atoms in total. The number of hydrogen-bond acceptors (Lipinski definition) is 8. The second-order valence-electron chi connectivity index (χ2n) is 7.22. The zero-order chi connectivity index (χ0) is 24.1. The summed E-state index contributed by atoms with van der Waals surface area (Å²) in [5, 5.41) is 29.1. The minimum Gasteiger partial charge on any atom is -0.504 e. The third kappa shape index (κ3) is 4.96. The molecule has 0 atom stereocenters. The summed E-state index contributed by atoms with van der Waals surface area (Å²) in [4.78, 5) is 0. The van der Waals surface area contributed by atoms with E-state index in [1.54, 1.807) is 66.7 Å². The number of para-hydroxylation sites is 2. The van der Waals surface area contributed by atoms with Gasteiger partial charge in [-0.1, -0.05) is 36.4 Å². The molecule has 4 rings (SSSR count). The van der Waals surface area contributed by atoms with Crippen LogP contribution in [0.3, 0.4) is 0 Å². The van der Waals surface area contributed by atoms with Gasteiger partial charge in [0, 0.05) is 45.0 Å². The molecule has 4 aromatic carbocycles. The third-order valence-electron chi connectivity index (χ3n) is 4.97. The highest BCUT2D eigenvalue weighted by molar-refractivity contribution is 5.84. The Balaban J connectivity index is 0.000000186. The van der Waals surface area contributed by atoms with Crippen LogP contribution in [0.1, 0.15) is 0 Å². The summed E-state index contributed by atoms with van der Waals surface area (Å²) in [6.07, 6.45) is 0. The Hall–Kier alpha value is -4.72. The summed E-state index contributed by atoms with van der Waals surface area (Å²) in [7, 11) is 1.51. The number of nitrogen functional groups attached to an aromatic ring is 4. The molecule has 0 saturated carbocycles. The van der Waals surface area contributed by atoms with E-state index in [1.165, 1.54) is 13.2 Å². The van der Waals surface area contributed by atoms with Crippen LogP contribution in [0.4, 0.5) is 22.7 Å². The predicted molar refractivity (Wildman–Crippen MR) is 133 cm³/mol. The molecular weight excluding hydrogens is 420 g/mol. The van der Waals surface area contributed by atoms with Crippen molar-refractivity contribution in [2.75, 3.05) is 30.0 Å². The fraction of sp³-hybridized carbons (Fsp3) is 0.0400. The fourth-order valence-electron chi connectivity index (χ4n) is 3.31. The molecule has 0 fully saturated rings. The first kappa shape index (κ1) is 23.0. The van der Waals surface area contributed by atoms with Crippen LogP contribution in [0.15, 0.2) is 72.8 Å². The zero-order valence-corrected chi connectivity index (χ0v) is 18.0. The second-order valence-corrected chi connectivity index (χ2v) is 7.22. The van der Waals surface area contributed by atoms with Crippen LogP contribution in [0.25, 0.3) is 22.3 Å². The lowest BCUT2D eigenvalue weighted by atomic mass is 10.0. The smallest absolute Gasteiger partial charge is 0.165 e. The van der Waals surface area contributed by atoms with Gasteiger partial charge in [-0.05, 0) is 36.4 Å². The number of benzene rings is 4. The molecule has 0 heterocycles. The lowest BCUT2D eigenvalue weighted by Gasteiger charge is -2.11. The van der Waals surface area contributed by atoms with Crippen molar-refractivity contribution in [2.24, 2.45) is 0 Å². The van der Waals surface area contributed by atoms with Gasteiger partial charge in [0.1, 0.15) is 0 Å². The van der Waals surface area contributed by atoms with Gasteiger partial charge in [0.25, 0.3) is 0 Å². The first-order valence-electron chi connectivity index (χ1n) is 9.90. The zero-order valence-electron chi connectivity index (χ0n) is 18.0. The van der Waals surface area contributed by atoms with Crippen molar-refractivity contribution in [3.63, 3.8) is 0 Å². The molecule has 0 bridgehead atoms. The lowest BCUT2D eigenvalue weighted by molar-refractivity contribution is 0.374. The maximum Gasteiger partial charge on any atom is 0.165 e. The molecule has 0 aliphatic carbocycles. The van der Waals surface area contributed by atoms with Gasteiger partial charge in [-0.15, -0.1) is 0 Å². The summed E-state index contributed by atoms with van der Waals surface area (Å²) in [5.41, 5.74) is 27.5. The Kier molecular flexibility index (Phi) is 6.68. The average molecular weight is 447 g/mol. The van der Waals surface area contributed by atoms with Crippen molar-refractivity contribution in [1.82, 2.24) is 0 Å². The van der Waals surface area contributed by atoms with E-state index in [2.05, 4.69) is 0 Å². The maximum atomic E-state index is 10.0. The molecule has 0 aliphatic rings. The molecule has 4 aromatic rings. The summed E-state index contributed by atoms with van der Waals surface area (Å²) < 4.78 is 5.06. The number of phenolic OH excluding ortho intramolecular Hbond substituents is 3. The standard InChI is InChI=1S/C13H14N2O2.C12H12N2O2/c1-17-12-4-2-3-10(13(12)16)9-6-5-8(14)7-11(9)15;13-7-4-5-8(10(14)6-7)9-2-1-3-11(15)12(9)16/h2-7,16H,14-15H2,1H3;1-6,15-16H,13-14H2. The van der Waals surface area contributed by atoms with Crippen molar-refractivity contribution >= 4 is 22.7 Å². The van der Waals surface area contributed by atoms with Crippen LogP contribution in [0.5, 0.6) is 23.0 Å². The van der Waals surface area contributed by atoms with Crippen molar-refractivity contribution in [1.29, 1.82) is 0 Å². The monoisotopic (exact) mass is 446 g/mol. The van der Waals surface area contributed by atoms with Crippen molar-refractivity contribution in [3.05, 3.63) is 72.8 Å². The van der Waals surface area contributed by atoms with Gasteiger partial charge in [-0.2, -0.15) is 0 Å². The first-order valence-corrected chi connectivity index (χ1v) is 9.90. The molecule has 0 aromatic heterocycles. The van der Waals surface area contributed by atoms with Crippen LogP contribution >= 0.6 is 0 Å². The maximum absolute atomic E-state index is 10.0. The number of phenols is 3. The van der Waals surface area contributed by atoms with Gasteiger partial charge >= 0.3 is 0 Å². The van der Waals surface area contributed by atoms with Crippen LogP contribution < -0.4 is 27.7 Å². The van der Waals surface area contributed by atoms with Crippen molar-refractivity contribution < 1.29 is 20.1 Å². The number of aromatic hydroxyl groups is 3. The lowest BCUT2D eigenvalue weighted by Crippen LogP contribution is -1.94. The minimum atomic E-state index is -0.182. The molecule has 33 heavy (non-hydrogen) atoms. The highest BCUT2D eigenvalue weighted by atomic mass is 16.5. The van der Waals surface area contributed by atoms with E-state index in [0.29, 0.717) is 45.2 Å². The van der Waals surface area contributed by atoms with Crippen molar-refractivity contribution in [3.8, 4) is 45.3 Å². The largest absolute Gasteiger partial charge is 0.504 e. The molecule has 0 aliphatic heterocycles. The van der Waals surface area contributed by atoms with Gasteiger partial charge < -0.3 is 43.0 Å². The SMILES string of the molecule is COc1cccc(-c2ccc(N)cc2N)c1O.Nc1ccc(-c2cccc(O)c2O)c(N)c1. The second kappa shape index (κ2) is 9.61. The van der Waals surface area contributed by atoms with Crippen LogP contribution in [0, 0.1) is 0 Å². The Morgan fingerprint density at radius 3 is 1.55 bits per heavy atom. The molecule has 0 amide bonds. The van der Waals surface area contributed by atoms with E-state index in [4.69, 9.17) is 27.7 Å². The van der Waals surface area contributed by atoms with E-state index in [9.17, 15) is 15.3 Å². The molecule has 0 saturated heterocycles. The quantitative estimate of drug-likeness (QED) is 0.181. The Morgan fingerprint density at radius 1 is 0.576 bits per heavy atom. The molecule has 11 N–H and O–H groups in total. The number of anilines is 4. The normalized spacial score (nSPS) is 10.2. The highest BCUT2D eigenvalue weighted by Gasteiger charge is 2.12. The van der Waals surface area contributed by atoms with Gasteiger partial charge in [-0.3, -0.25) is 0 Å². The molecule has 8 heteroatoms. The van der Waals surface area contributed by atoms with Gasteiger partial charge in [0.2, 0.25) is 0 Å². The van der Waals surface area contributed by atoms with Crippen LogP contribution in [-0.4, -0.2) is 22.4 Å². The predicted octanol–water partition coefficient (Wildman–Crippen LogP) is 4.16. The molecule has 0 radical (unpaired) electrons. The molecule has 0 spiro atoms. The van der Waals surface area contributed by atoms with Crippen LogP contribution in [-0.2, 0) is 0 Å².